The molecule has 6 aromatic rings. The molecule has 1 aliphatic carbocycles. The Hall–Kier alpha value is -2.80. The Bertz CT molecular complexity index is 1710. The summed E-state index contributed by atoms with van der Waals surface area (Å²) in [5.41, 5.74) is 11.5. The van der Waals surface area contributed by atoms with Crippen molar-refractivity contribution < 1.29 is 23.3 Å². The van der Waals surface area contributed by atoms with Crippen LogP contribution in [0.15, 0.2) is 109 Å². The molecule has 0 amide bonds. The fourth-order valence-corrected chi connectivity index (χ4v) is 5.76. The van der Waals surface area contributed by atoms with Gasteiger partial charge in [-0.2, -0.15) is 12.1 Å². The zero-order valence-corrected chi connectivity index (χ0v) is 27.0. The van der Waals surface area contributed by atoms with Crippen LogP contribution in [0.3, 0.4) is 0 Å². The van der Waals surface area contributed by atoms with Crippen molar-refractivity contribution in [2.75, 3.05) is 0 Å². The smallest absolute Gasteiger partial charge is 0.0276 e. The van der Waals surface area contributed by atoms with Crippen molar-refractivity contribution in [1.82, 2.24) is 0 Å². The topological polar surface area (TPSA) is 0 Å². The fraction of sp³-hybridized carbons (Fsp3) is 0.189. The monoisotopic (exact) mass is 598 g/mol. The first-order chi connectivity index (χ1) is 18.9. The number of aryl methyl sites for hydroxylation is 3. The molecule has 0 saturated carbocycles. The van der Waals surface area contributed by atoms with Crippen LogP contribution in [-0.2, 0) is 36.2 Å². The van der Waals surface area contributed by atoms with E-state index >= 15 is 0 Å². The molecule has 0 aromatic heterocycles. The molecule has 6 aromatic carbocycles. The minimum Gasteiger partial charge on any atom is -0.165 e. The van der Waals surface area contributed by atoms with Gasteiger partial charge < -0.3 is 0 Å². The number of hydrogen-bond acceptors (Lipinski definition) is 0. The molecule has 39 heavy (non-hydrogen) atoms. The summed E-state index contributed by atoms with van der Waals surface area (Å²) in [4.78, 5) is 0. The van der Waals surface area contributed by atoms with Crippen LogP contribution in [0.25, 0.3) is 43.8 Å². The number of hydrogen-bond donors (Lipinski definition) is 0. The predicted molar refractivity (Wildman–Crippen MR) is 169 cm³/mol. The van der Waals surface area contributed by atoms with Crippen molar-refractivity contribution in [2.45, 2.75) is 46.2 Å². The largest absolute Gasteiger partial charge is 0.165 e. The molecule has 0 unspecified atom stereocenters. The van der Waals surface area contributed by atoms with Gasteiger partial charge in [0.2, 0.25) is 0 Å². The quantitative estimate of drug-likeness (QED) is 0.137. The molecule has 0 spiro atoms. The molecule has 1 aliphatic rings. The molecule has 0 atom stereocenters. The van der Waals surface area contributed by atoms with E-state index in [1.807, 2.05) is 0 Å². The number of fused-ring (bicyclic) bond motifs is 3. The van der Waals surface area contributed by atoms with Gasteiger partial charge in [-0.25, -0.2) is 0 Å². The summed E-state index contributed by atoms with van der Waals surface area (Å²) >= 11 is 1.74. The van der Waals surface area contributed by atoms with Crippen LogP contribution in [0.1, 0.15) is 28.7 Å². The van der Waals surface area contributed by atoms with Crippen LogP contribution in [0.5, 0.6) is 0 Å². The fourth-order valence-electron chi connectivity index (χ4n) is 5.76. The van der Waals surface area contributed by atoms with Crippen molar-refractivity contribution in [1.29, 1.82) is 0 Å². The second-order valence-corrected chi connectivity index (χ2v) is 20.2. The van der Waals surface area contributed by atoms with E-state index in [1.54, 1.807) is 34.5 Å². The molecule has 0 N–H and O–H groups in total. The minimum atomic E-state index is 0.210. The Morgan fingerprint density at radius 3 is 1.90 bits per heavy atom. The van der Waals surface area contributed by atoms with E-state index in [-0.39, 0.29) is 5.43 Å². The van der Waals surface area contributed by atoms with E-state index in [1.165, 1.54) is 74.2 Å². The molecule has 0 nitrogen and oxygen atoms in total. The summed E-state index contributed by atoms with van der Waals surface area (Å²) in [7, 11) is 0. The van der Waals surface area contributed by atoms with Gasteiger partial charge in [-0.3, -0.25) is 0 Å². The third-order valence-electron chi connectivity index (χ3n) is 7.27. The van der Waals surface area contributed by atoms with Crippen LogP contribution < -0.4 is 0 Å². The van der Waals surface area contributed by atoms with E-state index < -0.39 is 0 Å². The number of rotatable bonds is 2. The maximum atomic E-state index is 2.41. The second kappa shape index (κ2) is 12.6. The van der Waals surface area contributed by atoms with E-state index in [2.05, 4.69) is 136 Å². The van der Waals surface area contributed by atoms with Crippen LogP contribution in [0.2, 0.25) is 13.1 Å². The van der Waals surface area contributed by atoms with E-state index in [0.29, 0.717) is 0 Å². The summed E-state index contributed by atoms with van der Waals surface area (Å²) in [6.45, 7) is 8.96. The summed E-state index contributed by atoms with van der Waals surface area (Å²) in [6, 6.07) is 39.5. The van der Waals surface area contributed by atoms with Crippen molar-refractivity contribution in [3.8, 4) is 22.3 Å². The molecule has 0 bridgehead atoms. The van der Waals surface area contributed by atoms with Crippen LogP contribution in [0, 0.1) is 13.8 Å². The molecule has 0 saturated heterocycles. The van der Waals surface area contributed by atoms with Gasteiger partial charge in [-0.05, 0) is 30.4 Å². The van der Waals surface area contributed by atoms with Crippen molar-refractivity contribution in [2.24, 2.45) is 0 Å². The maximum absolute atomic E-state index is 2.41. The van der Waals surface area contributed by atoms with Gasteiger partial charge in [0, 0.05) is 0 Å². The molecule has 7 rings (SSSR count). The molecular weight excluding hydrogens is 564 g/mol. The average Bonchev–Trinajstić information content (AvgIpc) is 3.64. The van der Waals surface area contributed by atoms with Gasteiger partial charge >= 0.3 is 41.9 Å². The third kappa shape index (κ3) is 6.51. The van der Waals surface area contributed by atoms with Gasteiger partial charge in [-0.1, -0.05) is 103 Å². The van der Waals surface area contributed by atoms with Crippen molar-refractivity contribution in [3.05, 3.63) is 131 Å². The van der Waals surface area contributed by atoms with Crippen molar-refractivity contribution in [3.63, 3.8) is 0 Å². The third-order valence-corrected chi connectivity index (χ3v) is 7.27. The molecule has 0 aliphatic heterocycles. The van der Waals surface area contributed by atoms with Gasteiger partial charge in [-0.15, -0.1) is 63.0 Å². The molecule has 0 radical (unpaired) electrons. The van der Waals surface area contributed by atoms with Crippen LogP contribution in [-0.4, -0.2) is 5.43 Å². The Balaban J connectivity index is 0.000000141. The van der Waals surface area contributed by atoms with Gasteiger partial charge in [0.25, 0.3) is 0 Å². The first-order valence-electron chi connectivity index (χ1n) is 13.9. The minimum absolute atomic E-state index is 0.210. The second-order valence-electron chi connectivity index (χ2n) is 10.9. The Labute approximate surface area is 248 Å². The first kappa shape index (κ1) is 27.8. The summed E-state index contributed by atoms with van der Waals surface area (Å²) < 4.78 is 0. The Morgan fingerprint density at radius 2 is 1.23 bits per heavy atom. The standard InChI is InChI=1S/C19H17.C16H13.C2H6Si.Zr/c1-13-10-16-12-15-8-5-9-17(15)19(18(16)11-13)14-6-3-2-4-7-14;1-12-10-14-8-5-9-15(16(14)11-12)13-6-3-2-4-7-13;1-3-2;/h2-4,6-7,10-12H,5,8-9H2,1H3;2-11H,1H3;1-2H3;/q2*-1;;+2. The SMILES string of the molecule is C[Si](C)=[Zr+2].Cc1cc2c(-c3ccccc3)c3c(cc2[cH-]1)CCC3.Cc1cc2c(-c3ccccc3)cccc2[cH-]1. The zero-order valence-electron chi connectivity index (χ0n) is 23.5. The predicted octanol–water partition coefficient (Wildman–Crippen LogP) is 10.3. The van der Waals surface area contributed by atoms with Crippen LogP contribution >= 0.6 is 0 Å². The normalized spacial score (nSPS) is 11.9. The molecule has 0 fully saturated rings. The molecule has 192 valence electrons. The van der Waals surface area contributed by atoms with Crippen LogP contribution in [0.4, 0.5) is 0 Å². The Morgan fingerprint density at radius 1 is 0.641 bits per heavy atom. The average molecular weight is 600 g/mol. The van der Waals surface area contributed by atoms with E-state index in [9.17, 15) is 0 Å². The summed E-state index contributed by atoms with van der Waals surface area (Å²) in [6.07, 6.45) is 3.79. The van der Waals surface area contributed by atoms with E-state index in [4.69, 9.17) is 0 Å². The van der Waals surface area contributed by atoms with Gasteiger partial charge in [0.1, 0.15) is 0 Å². The molecule has 0 heterocycles. The Kier molecular flexibility index (Phi) is 8.96. The van der Waals surface area contributed by atoms with Gasteiger partial charge in [0.15, 0.2) is 0 Å². The van der Waals surface area contributed by atoms with E-state index in [0.717, 1.165) is 0 Å². The van der Waals surface area contributed by atoms with Crippen molar-refractivity contribution >= 4 is 27.0 Å². The number of benzene rings is 4. The summed E-state index contributed by atoms with van der Waals surface area (Å²) in [5, 5.41) is 5.53. The zero-order chi connectivity index (χ0) is 27.4. The summed E-state index contributed by atoms with van der Waals surface area (Å²) in [5.74, 6) is 0. The molecular formula is C37H36SiZr. The van der Waals surface area contributed by atoms with Gasteiger partial charge in [0.05, 0.1) is 0 Å². The first-order valence-corrected chi connectivity index (χ1v) is 20.1. The molecule has 2 heteroatoms. The maximum Gasteiger partial charge on any atom is -0.0276 e.